The first-order valence-electron chi connectivity index (χ1n) is 18.6. The van der Waals surface area contributed by atoms with E-state index in [0.717, 1.165) is 34.1 Å². The molecule has 54 heavy (non-hydrogen) atoms. The monoisotopic (exact) mass is 692 g/mol. The third-order valence-electron chi connectivity index (χ3n) is 10.3. The van der Waals surface area contributed by atoms with Gasteiger partial charge in [-0.1, -0.05) is 146 Å². The predicted octanol–water partition coefficient (Wildman–Crippen LogP) is 14.9. The molecule has 0 spiro atoms. The van der Waals surface area contributed by atoms with E-state index in [9.17, 15) is 0 Å². The van der Waals surface area contributed by atoms with Crippen LogP contribution in [0.3, 0.4) is 0 Å². The van der Waals surface area contributed by atoms with E-state index in [1.165, 1.54) is 54.9 Å². The maximum Gasteiger partial charge on any atom is 0.0620 e. The van der Waals surface area contributed by atoms with Crippen LogP contribution in [0.2, 0.25) is 0 Å². The van der Waals surface area contributed by atoms with Crippen molar-refractivity contribution in [3.8, 4) is 22.3 Å². The lowest BCUT2D eigenvalue weighted by Gasteiger charge is -2.33. The van der Waals surface area contributed by atoms with Crippen molar-refractivity contribution in [2.45, 2.75) is 13.8 Å². The highest BCUT2D eigenvalue weighted by molar-refractivity contribution is 6.24. The fraction of sp³-hybridized carbons (Fsp3) is 0.0385. The van der Waals surface area contributed by atoms with E-state index in [4.69, 9.17) is 0 Å². The second-order valence-electron chi connectivity index (χ2n) is 14.0. The van der Waals surface area contributed by atoms with Gasteiger partial charge in [-0.3, -0.25) is 0 Å². The molecule has 0 aliphatic heterocycles. The Morgan fingerprint density at radius 3 is 0.981 bits per heavy atom. The van der Waals surface area contributed by atoms with E-state index in [0.29, 0.717) is 0 Å². The Bertz CT molecular complexity index is 2530. The van der Waals surface area contributed by atoms with Crippen molar-refractivity contribution < 1.29 is 0 Å². The van der Waals surface area contributed by atoms with Gasteiger partial charge in [0.25, 0.3) is 0 Å². The van der Waals surface area contributed by atoms with Crippen LogP contribution >= 0.6 is 0 Å². The Hall–Kier alpha value is -6.90. The van der Waals surface area contributed by atoms with Crippen LogP contribution in [0, 0.1) is 13.8 Å². The van der Waals surface area contributed by atoms with E-state index < -0.39 is 0 Å². The molecule has 0 heterocycles. The number of hydrogen-bond donors (Lipinski definition) is 0. The van der Waals surface area contributed by atoms with Crippen molar-refractivity contribution in [3.63, 3.8) is 0 Å². The van der Waals surface area contributed by atoms with Crippen LogP contribution in [-0.4, -0.2) is 0 Å². The van der Waals surface area contributed by atoms with Crippen molar-refractivity contribution in [3.05, 3.63) is 217 Å². The summed E-state index contributed by atoms with van der Waals surface area (Å²) < 4.78 is 0. The van der Waals surface area contributed by atoms with Gasteiger partial charge in [0.1, 0.15) is 0 Å². The molecule has 0 saturated carbocycles. The normalized spacial score (nSPS) is 11.1. The molecule has 0 radical (unpaired) electrons. The van der Waals surface area contributed by atoms with Crippen LogP contribution in [0.4, 0.5) is 34.1 Å². The molecule has 258 valence electrons. The van der Waals surface area contributed by atoms with E-state index in [1.54, 1.807) is 0 Å². The number of hydrogen-bond acceptors (Lipinski definition) is 2. The molecule has 2 heteroatoms. The zero-order chi connectivity index (χ0) is 36.4. The van der Waals surface area contributed by atoms with Crippen LogP contribution in [0.25, 0.3) is 43.8 Å². The fourth-order valence-electron chi connectivity index (χ4n) is 7.79. The van der Waals surface area contributed by atoms with Crippen LogP contribution in [0.5, 0.6) is 0 Å². The number of anilines is 6. The molecule has 0 unspecified atom stereocenters. The molecule has 2 nitrogen and oxygen atoms in total. The molecule has 0 atom stereocenters. The summed E-state index contributed by atoms with van der Waals surface area (Å²) in [4.78, 5) is 4.91. The molecule has 0 fully saturated rings. The standard InChI is InChI=1S/C52H40N2/c1-37-17-15-27-45(33-37)53(43-23-11-5-12-24-43)51-47-31-29-42(40-21-9-4-10-22-40)36-50(47)52(48-32-30-41(35-49(48)51)39-19-7-3-8-20-39)54(44-25-13-6-14-26-44)46-28-16-18-38(2)34-46/h3-36H,1-2H3. The topological polar surface area (TPSA) is 6.48 Å². The highest BCUT2D eigenvalue weighted by Crippen LogP contribution is 2.52. The van der Waals surface area contributed by atoms with Crippen molar-refractivity contribution in [2.75, 3.05) is 9.80 Å². The van der Waals surface area contributed by atoms with Gasteiger partial charge >= 0.3 is 0 Å². The molecular weight excluding hydrogens is 653 g/mol. The SMILES string of the molecule is Cc1cccc(N(c2ccccc2)c2c3ccc(-c4ccccc4)cc3c(N(c3ccccc3)c3cccc(C)c3)c3ccc(-c4ccccc4)cc23)c1. The van der Waals surface area contributed by atoms with Gasteiger partial charge in [0.05, 0.1) is 11.4 Å². The Morgan fingerprint density at radius 1 is 0.259 bits per heavy atom. The van der Waals surface area contributed by atoms with Gasteiger partial charge in [-0.25, -0.2) is 0 Å². The number of benzene rings is 9. The summed E-state index contributed by atoms with van der Waals surface area (Å²) in [6, 6.07) is 74.8. The van der Waals surface area contributed by atoms with Crippen LogP contribution < -0.4 is 9.80 Å². The number of nitrogens with zero attached hydrogens (tertiary/aromatic N) is 2. The Balaban J connectivity index is 1.48. The van der Waals surface area contributed by atoms with Crippen molar-refractivity contribution in [1.29, 1.82) is 0 Å². The summed E-state index contributed by atoms with van der Waals surface area (Å²) >= 11 is 0. The largest absolute Gasteiger partial charge is 0.309 e. The van der Waals surface area contributed by atoms with Crippen molar-refractivity contribution in [2.24, 2.45) is 0 Å². The zero-order valence-electron chi connectivity index (χ0n) is 30.5. The maximum atomic E-state index is 2.46. The first-order valence-corrected chi connectivity index (χ1v) is 18.6. The van der Waals surface area contributed by atoms with Gasteiger partial charge in [0, 0.05) is 44.3 Å². The van der Waals surface area contributed by atoms with E-state index >= 15 is 0 Å². The summed E-state index contributed by atoms with van der Waals surface area (Å²) in [6.07, 6.45) is 0. The molecule has 9 aromatic rings. The summed E-state index contributed by atoms with van der Waals surface area (Å²) in [5, 5.41) is 4.68. The lowest BCUT2D eigenvalue weighted by Crippen LogP contribution is -2.15. The Morgan fingerprint density at radius 2 is 0.611 bits per heavy atom. The van der Waals surface area contributed by atoms with E-state index in [1.807, 2.05) is 0 Å². The minimum Gasteiger partial charge on any atom is -0.309 e. The molecule has 0 amide bonds. The quantitative estimate of drug-likeness (QED) is 0.116. The van der Waals surface area contributed by atoms with Gasteiger partial charge in [0.15, 0.2) is 0 Å². The Kier molecular flexibility index (Phi) is 8.70. The fourth-order valence-corrected chi connectivity index (χ4v) is 7.79. The molecule has 0 aliphatic rings. The van der Waals surface area contributed by atoms with E-state index in [-0.39, 0.29) is 0 Å². The summed E-state index contributed by atoms with van der Waals surface area (Å²) in [7, 11) is 0. The van der Waals surface area contributed by atoms with Crippen LogP contribution in [0.1, 0.15) is 11.1 Å². The van der Waals surface area contributed by atoms with E-state index in [2.05, 4.69) is 230 Å². The highest BCUT2D eigenvalue weighted by atomic mass is 15.2. The molecular formula is C52H40N2. The minimum absolute atomic E-state index is 1.11. The lowest BCUT2D eigenvalue weighted by molar-refractivity contribution is 1.28. The van der Waals surface area contributed by atoms with Crippen molar-refractivity contribution >= 4 is 55.7 Å². The first-order chi connectivity index (χ1) is 26.6. The summed E-state index contributed by atoms with van der Waals surface area (Å²) in [6.45, 7) is 4.34. The highest BCUT2D eigenvalue weighted by Gasteiger charge is 2.26. The molecule has 0 bridgehead atoms. The van der Waals surface area contributed by atoms with Crippen LogP contribution in [-0.2, 0) is 0 Å². The molecule has 9 rings (SSSR count). The molecule has 9 aromatic carbocycles. The second kappa shape index (κ2) is 14.3. The average Bonchev–Trinajstić information content (AvgIpc) is 3.23. The first kappa shape index (κ1) is 33.0. The number of para-hydroxylation sites is 2. The molecule has 0 saturated heterocycles. The van der Waals surface area contributed by atoms with Gasteiger partial charge in [-0.15, -0.1) is 0 Å². The second-order valence-corrected chi connectivity index (χ2v) is 14.0. The summed E-state index contributed by atoms with van der Waals surface area (Å²) in [5.41, 5.74) is 13.9. The Labute approximate surface area is 317 Å². The minimum atomic E-state index is 1.11. The molecule has 0 aliphatic carbocycles. The summed E-state index contributed by atoms with van der Waals surface area (Å²) in [5.74, 6) is 0. The third-order valence-corrected chi connectivity index (χ3v) is 10.3. The number of rotatable bonds is 8. The molecule has 0 aromatic heterocycles. The zero-order valence-corrected chi connectivity index (χ0v) is 30.5. The predicted molar refractivity (Wildman–Crippen MR) is 231 cm³/mol. The average molecular weight is 693 g/mol. The molecule has 0 N–H and O–H groups in total. The lowest BCUT2D eigenvalue weighted by atomic mass is 9.91. The number of aryl methyl sites for hydroxylation is 2. The van der Waals surface area contributed by atoms with Gasteiger partial charge in [0.2, 0.25) is 0 Å². The van der Waals surface area contributed by atoms with Gasteiger partial charge in [-0.05, 0) is 108 Å². The van der Waals surface area contributed by atoms with Crippen molar-refractivity contribution in [1.82, 2.24) is 0 Å². The van der Waals surface area contributed by atoms with Gasteiger partial charge < -0.3 is 9.80 Å². The van der Waals surface area contributed by atoms with Gasteiger partial charge in [-0.2, -0.15) is 0 Å². The van der Waals surface area contributed by atoms with Crippen LogP contribution in [0.15, 0.2) is 206 Å². The smallest absolute Gasteiger partial charge is 0.0620 e. The number of fused-ring (bicyclic) bond motifs is 2. The maximum absolute atomic E-state index is 2.46. The third kappa shape index (κ3) is 6.18.